The molecule has 34 heavy (non-hydrogen) atoms. The van der Waals surface area contributed by atoms with Gasteiger partial charge in [0.25, 0.3) is 0 Å². The molecule has 1 heterocycles. The Morgan fingerprint density at radius 2 is 1.65 bits per heavy atom. The maximum absolute atomic E-state index is 12.4. The van der Waals surface area contributed by atoms with Gasteiger partial charge < -0.3 is 33.9 Å². The Balaban J connectivity index is 2.38. The van der Waals surface area contributed by atoms with E-state index in [0.29, 0.717) is 19.3 Å². The summed E-state index contributed by atoms with van der Waals surface area (Å²) in [5.74, 6) is -2.21. The van der Waals surface area contributed by atoms with Crippen LogP contribution in [0.3, 0.4) is 0 Å². The molecular formula is C24H34O10. The first-order valence-corrected chi connectivity index (χ1v) is 11.6. The monoisotopic (exact) mass is 482 g/mol. The quantitative estimate of drug-likeness (QED) is 0.319. The minimum atomic E-state index is -1.24. The summed E-state index contributed by atoms with van der Waals surface area (Å²) in [5, 5.41) is 19.8. The lowest BCUT2D eigenvalue weighted by atomic mass is 10.0. The van der Waals surface area contributed by atoms with Crippen LogP contribution in [0.25, 0.3) is 0 Å². The van der Waals surface area contributed by atoms with E-state index in [1.54, 1.807) is 12.1 Å². The maximum atomic E-state index is 12.4. The number of esters is 2. The van der Waals surface area contributed by atoms with E-state index in [0.717, 1.165) is 0 Å². The van der Waals surface area contributed by atoms with E-state index >= 15 is 0 Å². The zero-order valence-electron chi connectivity index (χ0n) is 19.8. The highest BCUT2D eigenvalue weighted by atomic mass is 16.7. The number of hydrogen-bond donors (Lipinski definition) is 2. The van der Waals surface area contributed by atoms with E-state index in [-0.39, 0.29) is 37.2 Å². The van der Waals surface area contributed by atoms with Crippen LogP contribution in [-0.2, 0) is 28.5 Å². The normalized spacial score (nSPS) is 23.1. The molecule has 2 N–H and O–H groups in total. The summed E-state index contributed by atoms with van der Waals surface area (Å²) >= 11 is 0. The molecule has 0 aliphatic carbocycles. The SMILES string of the molecule is CCCC(=O)O[C@H]1[C@@H](OC(O)CCC)[C@@H](Oc2ccccc2C(=O)O)OC[C@H]1OC(=O)CCC. The highest BCUT2D eigenvalue weighted by molar-refractivity contribution is 5.90. The molecule has 190 valence electrons. The highest BCUT2D eigenvalue weighted by Gasteiger charge is 2.48. The minimum absolute atomic E-state index is 0.0126. The van der Waals surface area contributed by atoms with Gasteiger partial charge in [-0.1, -0.05) is 39.3 Å². The first-order valence-electron chi connectivity index (χ1n) is 11.6. The number of hydrogen-bond acceptors (Lipinski definition) is 9. The number of para-hydroxylation sites is 1. The molecule has 0 aromatic heterocycles. The van der Waals surface area contributed by atoms with Crippen molar-refractivity contribution in [2.24, 2.45) is 0 Å². The Morgan fingerprint density at radius 3 is 2.26 bits per heavy atom. The van der Waals surface area contributed by atoms with Gasteiger partial charge >= 0.3 is 17.9 Å². The van der Waals surface area contributed by atoms with Gasteiger partial charge in [0.15, 0.2) is 24.6 Å². The van der Waals surface area contributed by atoms with Gasteiger partial charge in [-0.25, -0.2) is 4.79 Å². The maximum Gasteiger partial charge on any atom is 0.339 e. The molecular weight excluding hydrogens is 448 g/mol. The van der Waals surface area contributed by atoms with Gasteiger partial charge in [-0.3, -0.25) is 9.59 Å². The molecule has 1 saturated heterocycles. The Hall–Kier alpha value is -2.69. The summed E-state index contributed by atoms with van der Waals surface area (Å²) in [6.07, 6.45) is -3.51. The van der Waals surface area contributed by atoms with Crippen molar-refractivity contribution in [3.63, 3.8) is 0 Å². The van der Waals surface area contributed by atoms with Crippen molar-refractivity contribution in [2.75, 3.05) is 6.61 Å². The van der Waals surface area contributed by atoms with Crippen LogP contribution in [0.4, 0.5) is 0 Å². The number of ether oxygens (including phenoxy) is 5. The lowest BCUT2D eigenvalue weighted by Crippen LogP contribution is -2.59. The molecule has 0 saturated carbocycles. The van der Waals surface area contributed by atoms with Gasteiger partial charge in [-0.05, 0) is 31.4 Å². The van der Waals surface area contributed by atoms with Gasteiger partial charge in [0, 0.05) is 12.8 Å². The molecule has 0 bridgehead atoms. The lowest BCUT2D eigenvalue weighted by Gasteiger charge is -2.41. The summed E-state index contributed by atoms with van der Waals surface area (Å²) < 4.78 is 28.5. The predicted molar refractivity (Wildman–Crippen MR) is 119 cm³/mol. The smallest absolute Gasteiger partial charge is 0.339 e. The highest BCUT2D eigenvalue weighted by Crippen LogP contribution is 2.29. The first kappa shape index (κ1) is 27.6. The van der Waals surface area contributed by atoms with Crippen molar-refractivity contribution >= 4 is 17.9 Å². The van der Waals surface area contributed by atoms with Gasteiger partial charge in [0.1, 0.15) is 11.3 Å². The van der Waals surface area contributed by atoms with Crippen LogP contribution in [0.1, 0.15) is 69.7 Å². The third-order valence-corrected chi connectivity index (χ3v) is 5.05. The number of carboxylic acids is 1. The Kier molecular flexibility index (Phi) is 11.2. The molecule has 1 unspecified atom stereocenters. The number of aliphatic hydroxyl groups excluding tert-OH is 1. The van der Waals surface area contributed by atoms with Crippen LogP contribution in [0, 0.1) is 0 Å². The van der Waals surface area contributed by atoms with Gasteiger partial charge in [0.05, 0.1) is 6.61 Å². The van der Waals surface area contributed by atoms with Crippen molar-refractivity contribution in [1.82, 2.24) is 0 Å². The topological polar surface area (TPSA) is 138 Å². The molecule has 0 amide bonds. The zero-order chi connectivity index (χ0) is 25.1. The summed E-state index contributed by atoms with van der Waals surface area (Å²) in [6.45, 7) is 5.32. The van der Waals surface area contributed by atoms with Gasteiger partial charge in [-0.15, -0.1) is 0 Å². The van der Waals surface area contributed by atoms with Crippen LogP contribution in [0.2, 0.25) is 0 Å². The molecule has 1 aliphatic rings. The van der Waals surface area contributed by atoms with Crippen molar-refractivity contribution in [2.45, 2.75) is 90.2 Å². The number of benzene rings is 1. The van der Waals surface area contributed by atoms with E-state index in [1.165, 1.54) is 12.1 Å². The molecule has 2 rings (SSSR count). The van der Waals surface area contributed by atoms with Crippen molar-refractivity contribution < 1.29 is 48.3 Å². The standard InChI is InChI=1S/C24H34O10/c1-4-9-18(25)31-17-14-30-24(32-16-13-8-7-12-15(16)23(28)29)22(34-20(27)11-6-3)21(17)33-19(26)10-5-2/h7-8,12-13,17,20-22,24,27H,4-6,9-11,14H2,1-3H3,(H,28,29)/t17-,20?,21-,22-,24-/m1/s1. The number of aromatic carboxylic acids is 1. The van der Waals surface area contributed by atoms with E-state index < -0.39 is 48.8 Å². The largest absolute Gasteiger partial charge is 0.478 e. The molecule has 1 fully saturated rings. The fourth-order valence-corrected chi connectivity index (χ4v) is 3.45. The molecule has 1 aromatic rings. The Labute approximate surface area is 199 Å². The molecule has 1 aliphatic heterocycles. The van der Waals surface area contributed by atoms with E-state index in [9.17, 15) is 24.6 Å². The second kappa shape index (κ2) is 13.9. The molecule has 0 radical (unpaired) electrons. The summed E-state index contributed by atoms with van der Waals surface area (Å²) in [7, 11) is 0. The second-order valence-corrected chi connectivity index (χ2v) is 7.95. The minimum Gasteiger partial charge on any atom is -0.478 e. The van der Waals surface area contributed by atoms with E-state index in [1.807, 2.05) is 20.8 Å². The second-order valence-electron chi connectivity index (χ2n) is 7.95. The lowest BCUT2D eigenvalue weighted by molar-refractivity contribution is -0.293. The number of carbonyl (C=O) groups excluding carboxylic acids is 2. The third-order valence-electron chi connectivity index (χ3n) is 5.05. The van der Waals surface area contributed by atoms with Gasteiger partial charge in [0.2, 0.25) is 6.29 Å². The number of carbonyl (C=O) groups is 3. The fourth-order valence-electron chi connectivity index (χ4n) is 3.45. The van der Waals surface area contributed by atoms with Gasteiger partial charge in [-0.2, -0.15) is 0 Å². The predicted octanol–water partition coefficient (Wildman–Crippen LogP) is 3.05. The fraction of sp³-hybridized carbons (Fsp3) is 0.625. The van der Waals surface area contributed by atoms with Crippen molar-refractivity contribution in [3.8, 4) is 5.75 Å². The van der Waals surface area contributed by atoms with Crippen LogP contribution in [0.5, 0.6) is 5.75 Å². The Bertz CT molecular complexity index is 811. The molecule has 5 atom stereocenters. The molecule has 10 heteroatoms. The third kappa shape index (κ3) is 7.96. The zero-order valence-corrected chi connectivity index (χ0v) is 19.8. The van der Waals surface area contributed by atoms with E-state index in [2.05, 4.69) is 0 Å². The summed E-state index contributed by atoms with van der Waals surface area (Å²) in [6, 6.07) is 5.98. The average molecular weight is 483 g/mol. The molecule has 10 nitrogen and oxygen atoms in total. The summed E-state index contributed by atoms with van der Waals surface area (Å²) in [5.41, 5.74) is -0.102. The molecule has 1 aromatic carbocycles. The number of rotatable bonds is 13. The number of aliphatic hydroxyl groups is 1. The van der Waals surface area contributed by atoms with Crippen molar-refractivity contribution in [3.05, 3.63) is 29.8 Å². The van der Waals surface area contributed by atoms with E-state index in [4.69, 9.17) is 23.7 Å². The van der Waals surface area contributed by atoms with Crippen LogP contribution >= 0.6 is 0 Å². The average Bonchev–Trinajstić information content (AvgIpc) is 2.78. The summed E-state index contributed by atoms with van der Waals surface area (Å²) in [4.78, 5) is 36.2. The first-order chi connectivity index (χ1) is 16.3. The van der Waals surface area contributed by atoms with Crippen LogP contribution in [0.15, 0.2) is 24.3 Å². The Morgan fingerprint density at radius 1 is 1.00 bits per heavy atom. The van der Waals surface area contributed by atoms with Crippen molar-refractivity contribution in [1.29, 1.82) is 0 Å². The molecule has 0 spiro atoms. The van der Waals surface area contributed by atoms with Crippen LogP contribution in [-0.4, -0.2) is 65.6 Å². The number of carboxylic acid groups (broad SMARTS) is 1. The van der Waals surface area contributed by atoms with Crippen LogP contribution < -0.4 is 4.74 Å².